The van der Waals surface area contributed by atoms with Crippen LogP contribution in [0.3, 0.4) is 0 Å². The van der Waals surface area contributed by atoms with Gasteiger partial charge in [0.25, 0.3) is 0 Å². The second-order valence-electron chi connectivity index (χ2n) is 8.74. The van der Waals surface area contributed by atoms with Crippen molar-refractivity contribution in [2.24, 2.45) is 0 Å². The Morgan fingerprint density at radius 2 is 1.47 bits per heavy atom. The lowest BCUT2D eigenvalue weighted by Gasteiger charge is -2.35. The van der Waals surface area contributed by atoms with Crippen molar-refractivity contribution in [3.63, 3.8) is 0 Å². The number of rotatable bonds is 5. The van der Waals surface area contributed by atoms with Crippen molar-refractivity contribution < 1.29 is 9.90 Å². The van der Waals surface area contributed by atoms with E-state index >= 15 is 0 Å². The molecular formula is C28H30ClN3O2. The molecule has 1 saturated heterocycles. The summed E-state index contributed by atoms with van der Waals surface area (Å²) >= 11 is 0. The van der Waals surface area contributed by atoms with Gasteiger partial charge in [0.1, 0.15) is 5.82 Å². The molecule has 5 rings (SSSR count). The van der Waals surface area contributed by atoms with Gasteiger partial charge in [-0.25, -0.2) is 9.78 Å². The summed E-state index contributed by atoms with van der Waals surface area (Å²) in [5.41, 5.74) is 7.08. The van der Waals surface area contributed by atoms with Crippen molar-refractivity contribution in [1.82, 2.24) is 9.88 Å². The average Bonchev–Trinajstić information content (AvgIpc) is 3.02. The summed E-state index contributed by atoms with van der Waals surface area (Å²) in [5, 5.41) is 9.20. The number of nitrogens with zero attached hydrogens (tertiary/aromatic N) is 3. The van der Waals surface area contributed by atoms with Crippen molar-refractivity contribution in [3.8, 4) is 0 Å². The number of aromatic nitrogens is 1. The molecule has 3 aromatic rings. The number of halogens is 1. The Bertz CT molecular complexity index is 1140. The quantitative estimate of drug-likeness (QED) is 0.566. The number of piperazine rings is 1. The highest BCUT2D eigenvalue weighted by Gasteiger charge is 2.20. The van der Waals surface area contributed by atoms with Crippen LogP contribution in [0.2, 0.25) is 0 Å². The van der Waals surface area contributed by atoms with Crippen molar-refractivity contribution in [2.75, 3.05) is 37.6 Å². The van der Waals surface area contributed by atoms with Crippen LogP contribution in [0.25, 0.3) is 5.57 Å². The fourth-order valence-electron chi connectivity index (χ4n) is 4.95. The molecule has 176 valence electrons. The zero-order valence-corrected chi connectivity index (χ0v) is 20.0. The Morgan fingerprint density at radius 3 is 2.09 bits per heavy atom. The summed E-state index contributed by atoms with van der Waals surface area (Å²) in [6, 6.07) is 22.9. The third-order valence-electron chi connectivity index (χ3n) is 6.72. The lowest BCUT2D eigenvalue weighted by Crippen LogP contribution is -2.46. The highest BCUT2D eigenvalue weighted by atomic mass is 35.5. The molecular weight excluding hydrogens is 446 g/mol. The number of aryl methyl sites for hydroxylation is 2. The molecule has 0 spiro atoms. The smallest absolute Gasteiger partial charge is 0.354 e. The van der Waals surface area contributed by atoms with E-state index in [1.54, 1.807) is 12.1 Å². The standard InChI is InChI=1S/C28H29N3O2.ClH/c32-28(33)26-12-5-13-27(29-26)31-19-17-30(18-20-31)16-6-11-25-23-9-3-1-7-21(23)14-15-22-8-2-4-10-24(22)25;/h1-5,7-13H,6,14-20H2,(H,32,33);1H. The number of carbonyl (C=O) groups is 1. The number of pyridine rings is 1. The Hall–Kier alpha value is -3.15. The summed E-state index contributed by atoms with van der Waals surface area (Å²) in [4.78, 5) is 20.2. The van der Waals surface area contributed by atoms with Crippen molar-refractivity contribution in [3.05, 3.63) is 101 Å². The molecule has 2 heterocycles. The third kappa shape index (κ3) is 5.16. The van der Waals surface area contributed by atoms with E-state index in [0.29, 0.717) is 0 Å². The molecule has 0 saturated carbocycles. The Balaban J connectivity index is 0.00000274. The van der Waals surface area contributed by atoms with E-state index < -0.39 is 5.97 Å². The number of fused-ring (bicyclic) bond motifs is 2. The molecule has 6 heteroatoms. The number of carboxylic acids is 1. The fraction of sp³-hybridized carbons (Fsp3) is 0.286. The van der Waals surface area contributed by atoms with Crippen LogP contribution >= 0.6 is 12.4 Å². The van der Waals surface area contributed by atoms with Gasteiger partial charge in [-0.05, 0) is 59.2 Å². The summed E-state index contributed by atoms with van der Waals surface area (Å²) in [7, 11) is 0. The van der Waals surface area contributed by atoms with Crippen LogP contribution in [0.5, 0.6) is 0 Å². The SMILES string of the molecule is Cl.O=C(O)c1cccc(N2CCN(CCC=C3c4ccccc4CCc4ccccc43)CC2)n1. The van der Waals surface area contributed by atoms with Gasteiger partial charge in [0.15, 0.2) is 5.69 Å². The molecule has 0 bridgehead atoms. The lowest BCUT2D eigenvalue weighted by molar-refractivity contribution is 0.0690. The fourth-order valence-corrected chi connectivity index (χ4v) is 4.95. The van der Waals surface area contributed by atoms with Gasteiger partial charge in [-0.1, -0.05) is 60.7 Å². The molecule has 2 aromatic carbocycles. The normalized spacial score (nSPS) is 15.5. The number of aromatic carboxylic acids is 1. The number of anilines is 1. The van der Waals surface area contributed by atoms with Crippen LogP contribution in [0.4, 0.5) is 5.82 Å². The summed E-state index contributed by atoms with van der Waals surface area (Å²) in [5.74, 6) is -0.228. The van der Waals surface area contributed by atoms with Crippen LogP contribution in [-0.2, 0) is 12.8 Å². The Labute approximate surface area is 207 Å². The maximum atomic E-state index is 11.2. The van der Waals surface area contributed by atoms with E-state index in [0.717, 1.165) is 57.8 Å². The minimum absolute atomic E-state index is 0. The third-order valence-corrected chi connectivity index (χ3v) is 6.72. The van der Waals surface area contributed by atoms with E-state index in [1.165, 1.54) is 27.8 Å². The van der Waals surface area contributed by atoms with Crippen molar-refractivity contribution in [2.45, 2.75) is 19.3 Å². The molecule has 1 aliphatic heterocycles. The number of hydrogen-bond donors (Lipinski definition) is 1. The van der Waals surface area contributed by atoms with Crippen LogP contribution in [0, 0.1) is 0 Å². The highest BCUT2D eigenvalue weighted by Crippen LogP contribution is 2.33. The number of carboxylic acid groups (broad SMARTS) is 1. The van der Waals surface area contributed by atoms with Crippen molar-refractivity contribution in [1.29, 1.82) is 0 Å². The molecule has 0 atom stereocenters. The summed E-state index contributed by atoms with van der Waals surface area (Å²) in [6.07, 6.45) is 5.60. The van der Waals surface area contributed by atoms with Gasteiger partial charge >= 0.3 is 5.97 Å². The first-order valence-electron chi connectivity index (χ1n) is 11.7. The minimum atomic E-state index is -0.981. The molecule has 0 amide bonds. The molecule has 1 aromatic heterocycles. The molecule has 0 radical (unpaired) electrons. The molecule has 34 heavy (non-hydrogen) atoms. The predicted molar refractivity (Wildman–Crippen MR) is 139 cm³/mol. The molecule has 0 unspecified atom stereocenters. The Kier molecular flexibility index (Phi) is 7.66. The lowest BCUT2D eigenvalue weighted by atomic mass is 9.93. The Morgan fingerprint density at radius 1 is 0.853 bits per heavy atom. The maximum Gasteiger partial charge on any atom is 0.354 e. The summed E-state index contributed by atoms with van der Waals surface area (Å²) < 4.78 is 0. The van der Waals surface area contributed by atoms with Crippen LogP contribution in [-0.4, -0.2) is 53.7 Å². The maximum absolute atomic E-state index is 11.2. The predicted octanol–water partition coefficient (Wildman–Crippen LogP) is 4.94. The molecule has 5 nitrogen and oxygen atoms in total. The van der Waals surface area contributed by atoms with E-state index in [1.807, 2.05) is 6.07 Å². The topological polar surface area (TPSA) is 56.7 Å². The summed E-state index contributed by atoms with van der Waals surface area (Å²) in [6.45, 7) is 4.64. The van der Waals surface area contributed by atoms with E-state index in [-0.39, 0.29) is 18.1 Å². The van der Waals surface area contributed by atoms with Crippen LogP contribution in [0.1, 0.15) is 39.2 Å². The van der Waals surface area contributed by atoms with Gasteiger partial charge in [-0.2, -0.15) is 0 Å². The van der Waals surface area contributed by atoms with E-state index in [9.17, 15) is 9.90 Å². The first-order chi connectivity index (χ1) is 16.2. The molecule has 1 fully saturated rings. The second-order valence-corrected chi connectivity index (χ2v) is 8.74. The zero-order valence-electron chi connectivity index (χ0n) is 19.2. The van der Waals surface area contributed by atoms with Gasteiger partial charge in [-0.3, -0.25) is 4.90 Å². The van der Waals surface area contributed by atoms with Gasteiger partial charge < -0.3 is 10.0 Å². The average molecular weight is 476 g/mol. The zero-order chi connectivity index (χ0) is 22.6. The molecule has 2 aliphatic rings. The monoisotopic (exact) mass is 475 g/mol. The highest BCUT2D eigenvalue weighted by molar-refractivity contribution is 5.86. The first-order valence-corrected chi connectivity index (χ1v) is 11.7. The second kappa shape index (κ2) is 10.9. The number of hydrogen-bond acceptors (Lipinski definition) is 4. The van der Waals surface area contributed by atoms with Gasteiger partial charge in [0.05, 0.1) is 0 Å². The van der Waals surface area contributed by atoms with E-state index in [2.05, 4.69) is 69.4 Å². The molecule has 1 aliphatic carbocycles. The van der Waals surface area contributed by atoms with Gasteiger partial charge in [0, 0.05) is 32.7 Å². The van der Waals surface area contributed by atoms with Crippen LogP contribution < -0.4 is 4.90 Å². The van der Waals surface area contributed by atoms with Crippen LogP contribution in [0.15, 0.2) is 72.8 Å². The molecule has 1 N–H and O–H groups in total. The van der Waals surface area contributed by atoms with Gasteiger partial charge in [-0.15, -0.1) is 12.4 Å². The van der Waals surface area contributed by atoms with Gasteiger partial charge in [0.2, 0.25) is 0 Å². The number of benzene rings is 2. The van der Waals surface area contributed by atoms with Crippen molar-refractivity contribution >= 4 is 29.8 Å². The largest absolute Gasteiger partial charge is 0.477 e. The first kappa shape index (κ1) is 24.0. The van der Waals surface area contributed by atoms with E-state index in [4.69, 9.17) is 0 Å². The minimum Gasteiger partial charge on any atom is -0.477 e.